The van der Waals surface area contributed by atoms with Crippen LogP contribution in [0.5, 0.6) is 0 Å². The lowest BCUT2D eigenvalue weighted by atomic mass is 9.92. The molecule has 0 radical (unpaired) electrons. The first-order valence-electron chi connectivity index (χ1n) is 9.98. The Hall–Kier alpha value is -3.58. The van der Waals surface area contributed by atoms with E-state index in [0.29, 0.717) is 23.3 Å². The Balaban J connectivity index is 1.97. The van der Waals surface area contributed by atoms with Gasteiger partial charge in [-0.2, -0.15) is 0 Å². The molecule has 31 heavy (non-hydrogen) atoms. The van der Waals surface area contributed by atoms with Crippen molar-refractivity contribution >= 4 is 17.6 Å². The zero-order valence-corrected chi connectivity index (χ0v) is 17.4. The number of esters is 1. The van der Waals surface area contributed by atoms with E-state index >= 15 is 0 Å². The van der Waals surface area contributed by atoms with E-state index in [1.54, 1.807) is 36.4 Å². The molecule has 7 heteroatoms. The van der Waals surface area contributed by atoms with Crippen LogP contribution in [0.1, 0.15) is 52.6 Å². The van der Waals surface area contributed by atoms with Crippen molar-refractivity contribution in [3.05, 3.63) is 83.4 Å². The minimum absolute atomic E-state index is 0.0403. The highest BCUT2D eigenvalue weighted by atomic mass is 19.1. The molecule has 0 saturated heterocycles. The van der Waals surface area contributed by atoms with Crippen molar-refractivity contribution in [1.82, 2.24) is 4.98 Å². The maximum atomic E-state index is 13.9. The van der Waals surface area contributed by atoms with Gasteiger partial charge in [0.25, 0.3) is 5.91 Å². The van der Waals surface area contributed by atoms with Crippen molar-refractivity contribution in [3.63, 3.8) is 0 Å². The second kappa shape index (κ2) is 9.95. The predicted molar refractivity (Wildman–Crippen MR) is 117 cm³/mol. The molecule has 160 valence electrons. The predicted octanol–water partition coefficient (Wildman–Crippen LogP) is 4.73. The van der Waals surface area contributed by atoms with E-state index in [-0.39, 0.29) is 11.7 Å². The van der Waals surface area contributed by atoms with E-state index in [4.69, 9.17) is 10.5 Å². The van der Waals surface area contributed by atoms with Gasteiger partial charge in [0.15, 0.2) is 5.82 Å². The van der Waals surface area contributed by atoms with Gasteiger partial charge < -0.3 is 15.8 Å². The average molecular weight is 421 g/mol. The molecule has 1 aromatic heterocycles. The van der Waals surface area contributed by atoms with Crippen LogP contribution in [0.3, 0.4) is 0 Å². The maximum Gasteiger partial charge on any atom is 0.338 e. The minimum Gasteiger partial charge on any atom is -0.462 e. The highest BCUT2D eigenvalue weighted by molar-refractivity contribution is 6.05. The summed E-state index contributed by atoms with van der Waals surface area (Å²) in [5.74, 6) is -1.50. The molecule has 0 aliphatic carbocycles. The van der Waals surface area contributed by atoms with Crippen molar-refractivity contribution in [2.24, 2.45) is 5.73 Å². The summed E-state index contributed by atoms with van der Waals surface area (Å²) in [6, 6.07) is 13.1. The maximum absolute atomic E-state index is 13.9. The van der Waals surface area contributed by atoms with Crippen molar-refractivity contribution in [1.29, 1.82) is 0 Å². The highest BCUT2D eigenvalue weighted by Crippen LogP contribution is 2.30. The third-order valence-electron chi connectivity index (χ3n) is 4.67. The lowest BCUT2D eigenvalue weighted by molar-refractivity contribution is 0.0505. The molecule has 0 fully saturated rings. The molecule has 1 unspecified atom stereocenters. The summed E-state index contributed by atoms with van der Waals surface area (Å²) in [6.45, 7) is 4.10. The number of carbonyl (C=O) groups excluding carboxylic acids is 2. The molecule has 0 bridgehead atoms. The molecule has 3 aromatic rings. The van der Waals surface area contributed by atoms with Gasteiger partial charge >= 0.3 is 5.97 Å². The Bertz CT molecular complexity index is 1100. The van der Waals surface area contributed by atoms with Gasteiger partial charge in [-0.1, -0.05) is 25.1 Å². The smallest absolute Gasteiger partial charge is 0.338 e. The van der Waals surface area contributed by atoms with Gasteiger partial charge in [0.1, 0.15) is 0 Å². The molecule has 1 amide bonds. The SMILES string of the molecule is CCCOC(=O)c1cccc(-c2cc(C(=O)Nc3ccncc3F)ccc2C(C)N)c1. The van der Waals surface area contributed by atoms with Crippen molar-refractivity contribution in [2.45, 2.75) is 26.3 Å². The summed E-state index contributed by atoms with van der Waals surface area (Å²) in [7, 11) is 0. The normalized spacial score (nSPS) is 11.6. The van der Waals surface area contributed by atoms with Crippen LogP contribution in [0.25, 0.3) is 11.1 Å². The highest BCUT2D eigenvalue weighted by Gasteiger charge is 2.16. The van der Waals surface area contributed by atoms with Crippen LogP contribution in [0, 0.1) is 5.82 Å². The average Bonchev–Trinajstić information content (AvgIpc) is 2.78. The molecule has 1 atom stereocenters. The molecule has 0 spiro atoms. The Morgan fingerprint density at radius 3 is 2.68 bits per heavy atom. The van der Waals surface area contributed by atoms with Crippen molar-refractivity contribution in [2.75, 3.05) is 11.9 Å². The van der Waals surface area contributed by atoms with E-state index in [1.807, 2.05) is 19.9 Å². The van der Waals surface area contributed by atoms with Gasteiger partial charge in [-0.25, -0.2) is 9.18 Å². The number of benzene rings is 2. The molecule has 2 aromatic carbocycles. The second-order valence-electron chi connectivity index (χ2n) is 7.12. The number of pyridine rings is 1. The van der Waals surface area contributed by atoms with Gasteiger partial charge in [0.05, 0.1) is 24.1 Å². The number of anilines is 1. The molecule has 6 nitrogen and oxygen atoms in total. The van der Waals surface area contributed by atoms with Crippen LogP contribution in [0.4, 0.5) is 10.1 Å². The van der Waals surface area contributed by atoms with E-state index in [9.17, 15) is 14.0 Å². The number of nitrogens with one attached hydrogen (secondary N) is 1. The third-order valence-corrected chi connectivity index (χ3v) is 4.67. The molecule has 3 N–H and O–H groups in total. The number of hydrogen-bond acceptors (Lipinski definition) is 5. The number of nitrogens with two attached hydrogens (primary N) is 1. The fourth-order valence-corrected chi connectivity index (χ4v) is 3.11. The number of amides is 1. The zero-order valence-electron chi connectivity index (χ0n) is 17.4. The third kappa shape index (κ3) is 5.32. The summed E-state index contributed by atoms with van der Waals surface area (Å²) in [6.07, 6.45) is 3.16. The van der Waals surface area contributed by atoms with Gasteiger partial charge in [-0.05, 0) is 60.4 Å². The molecular formula is C24H24FN3O3. The van der Waals surface area contributed by atoms with Crippen LogP contribution < -0.4 is 11.1 Å². The molecule has 3 rings (SSSR count). The van der Waals surface area contributed by atoms with E-state index in [0.717, 1.165) is 23.7 Å². The Morgan fingerprint density at radius 1 is 1.16 bits per heavy atom. The molecular weight excluding hydrogens is 397 g/mol. The number of rotatable bonds is 7. The fraction of sp³-hybridized carbons (Fsp3) is 0.208. The quantitative estimate of drug-likeness (QED) is 0.538. The standard InChI is InChI=1S/C24H24FN3O3/c1-3-11-31-24(30)18-6-4-5-16(12-18)20-13-17(7-8-19(20)15(2)26)23(29)28-22-9-10-27-14-21(22)25/h4-10,12-15H,3,11,26H2,1-2H3,(H,27,28,29). The largest absolute Gasteiger partial charge is 0.462 e. The summed E-state index contributed by atoms with van der Waals surface area (Å²) >= 11 is 0. The zero-order chi connectivity index (χ0) is 22.4. The van der Waals surface area contributed by atoms with Crippen LogP contribution >= 0.6 is 0 Å². The number of ether oxygens (including phenoxy) is 1. The van der Waals surface area contributed by atoms with Crippen LogP contribution in [-0.4, -0.2) is 23.5 Å². The monoisotopic (exact) mass is 421 g/mol. The fourth-order valence-electron chi connectivity index (χ4n) is 3.11. The molecule has 0 saturated carbocycles. The molecule has 1 heterocycles. The second-order valence-corrected chi connectivity index (χ2v) is 7.12. The molecule has 0 aliphatic heterocycles. The summed E-state index contributed by atoms with van der Waals surface area (Å²) < 4.78 is 19.1. The van der Waals surface area contributed by atoms with E-state index in [2.05, 4.69) is 10.3 Å². The van der Waals surface area contributed by atoms with Crippen LogP contribution in [-0.2, 0) is 4.74 Å². The Kier molecular flexibility index (Phi) is 7.10. The number of aromatic nitrogens is 1. The first-order valence-corrected chi connectivity index (χ1v) is 9.98. The van der Waals surface area contributed by atoms with Gasteiger partial charge in [-0.15, -0.1) is 0 Å². The van der Waals surface area contributed by atoms with Gasteiger partial charge in [0, 0.05) is 17.8 Å². The minimum atomic E-state index is -0.624. The van der Waals surface area contributed by atoms with Crippen LogP contribution in [0.2, 0.25) is 0 Å². The van der Waals surface area contributed by atoms with Crippen molar-refractivity contribution in [3.8, 4) is 11.1 Å². The lowest BCUT2D eigenvalue weighted by Gasteiger charge is -2.16. The van der Waals surface area contributed by atoms with E-state index < -0.39 is 17.7 Å². The number of carbonyl (C=O) groups is 2. The Labute approximate surface area is 180 Å². The number of halogens is 1. The summed E-state index contributed by atoms with van der Waals surface area (Å²) in [5, 5.41) is 2.55. The first-order chi connectivity index (χ1) is 14.9. The summed E-state index contributed by atoms with van der Waals surface area (Å²) in [4.78, 5) is 28.7. The van der Waals surface area contributed by atoms with E-state index in [1.165, 1.54) is 12.3 Å². The molecule has 0 aliphatic rings. The van der Waals surface area contributed by atoms with Crippen molar-refractivity contribution < 1.29 is 18.7 Å². The first kappa shape index (κ1) is 22.1. The topological polar surface area (TPSA) is 94.3 Å². The van der Waals surface area contributed by atoms with Gasteiger partial charge in [-0.3, -0.25) is 9.78 Å². The summed E-state index contributed by atoms with van der Waals surface area (Å²) in [5.41, 5.74) is 9.16. The van der Waals surface area contributed by atoms with Crippen LogP contribution in [0.15, 0.2) is 60.9 Å². The van der Waals surface area contributed by atoms with Gasteiger partial charge in [0.2, 0.25) is 0 Å². The lowest BCUT2D eigenvalue weighted by Crippen LogP contribution is -2.14. The number of hydrogen-bond donors (Lipinski definition) is 2. The number of nitrogens with zero attached hydrogens (tertiary/aromatic N) is 1. The Morgan fingerprint density at radius 2 is 1.97 bits per heavy atom.